The van der Waals surface area contributed by atoms with Crippen molar-refractivity contribution < 1.29 is 19.1 Å². The van der Waals surface area contributed by atoms with Crippen molar-refractivity contribution in [2.24, 2.45) is 11.8 Å². The van der Waals surface area contributed by atoms with E-state index in [1.807, 2.05) is 5.38 Å². The minimum atomic E-state index is -0.350. The minimum Gasteiger partial charge on any atom is -0.454 e. The Kier molecular flexibility index (Phi) is 6.19. The Hall–Kier alpha value is -2.65. The summed E-state index contributed by atoms with van der Waals surface area (Å²) in [5.74, 6) is 1.86. The van der Waals surface area contributed by atoms with Crippen molar-refractivity contribution in [1.82, 2.24) is 15.2 Å². The fourth-order valence-electron chi connectivity index (χ4n) is 4.05. The number of fused-ring (bicyclic) bond motifs is 1. The summed E-state index contributed by atoms with van der Waals surface area (Å²) in [4.78, 5) is 31.4. The van der Waals surface area contributed by atoms with E-state index in [2.05, 4.69) is 34.4 Å². The summed E-state index contributed by atoms with van der Waals surface area (Å²) in [5.41, 5.74) is 1.37. The molecule has 3 heterocycles. The van der Waals surface area contributed by atoms with E-state index in [0.29, 0.717) is 34.0 Å². The second kappa shape index (κ2) is 9.01. The number of hydrogen-bond acceptors (Lipinski definition) is 7. The molecule has 0 spiro atoms. The van der Waals surface area contributed by atoms with Gasteiger partial charge in [-0.3, -0.25) is 14.5 Å². The Bertz CT molecular complexity index is 921. The van der Waals surface area contributed by atoms with Crippen LogP contribution in [0.15, 0.2) is 23.6 Å². The number of thiazole rings is 1. The number of likely N-dealkylation sites (tertiary alicyclic amines) is 1. The van der Waals surface area contributed by atoms with E-state index in [4.69, 9.17) is 9.47 Å². The minimum absolute atomic E-state index is 0.136. The van der Waals surface area contributed by atoms with Crippen LogP contribution >= 0.6 is 11.3 Å². The van der Waals surface area contributed by atoms with Gasteiger partial charge < -0.3 is 20.1 Å². The van der Waals surface area contributed by atoms with Gasteiger partial charge in [0.1, 0.15) is 0 Å². The number of amides is 2. The number of piperidine rings is 1. The quantitative estimate of drug-likeness (QED) is 0.732. The number of anilines is 1. The number of carbonyl (C=O) groups excluding carboxylic acids is 2. The molecule has 2 aliphatic heterocycles. The van der Waals surface area contributed by atoms with Crippen molar-refractivity contribution in [2.75, 3.05) is 31.7 Å². The first-order valence-corrected chi connectivity index (χ1v) is 11.0. The van der Waals surface area contributed by atoms with Crippen LogP contribution in [0.3, 0.4) is 0 Å². The molecule has 30 heavy (non-hydrogen) atoms. The summed E-state index contributed by atoms with van der Waals surface area (Å²) in [6, 6.07) is 4.92. The third-order valence-corrected chi connectivity index (χ3v) is 5.98. The number of benzene rings is 1. The van der Waals surface area contributed by atoms with Gasteiger partial charge in [0.25, 0.3) is 5.91 Å². The van der Waals surface area contributed by atoms with Crippen molar-refractivity contribution in [3.05, 3.63) is 34.8 Å². The first-order valence-electron chi connectivity index (χ1n) is 10.1. The lowest BCUT2D eigenvalue weighted by molar-refractivity contribution is -0.115. The molecule has 4 rings (SSSR count). The Balaban J connectivity index is 1.25. The fraction of sp³-hybridized carbons (Fsp3) is 0.476. The number of carbonyl (C=O) groups is 2. The summed E-state index contributed by atoms with van der Waals surface area (Å²) >= 11 is 1.40. The van der Waals surface area contributed by atoms with Crippen molar-refractivity contribution in [2.45, 2.75) is 26.8 Å². The topological polar surface area (TPSA) is 92.8 Å². The highest BCUT2D eigenvalue weighted by molar-refractivity contribution is 7.13. The van der Waals surface area contributed by atoms with Crippen molar-refractivity contribution in [1.29, 1.82) is 0 Å². The van der Waals surface area contributed by atoms with Crippen molar-refractivity contribution >= 4 is 28.3 Å². The Morgan fingerprint density at radius 3 is 2.77 bits per heavy atom. The van der Waals surface area contributed by atoms with Gasteiger partial charge >= 0.3 is 0 Å². The van der Waals surface area contributed by atoms with Gasteiger partial charge in [-0.2, -0.15) is 0 Å². The lowest BCUT2D eigenvalue weighted by atomic mass is 9.92. The van der Waals surface area contributed by atoms with E-state index in [9.17, 15) is 9.59 Å². The third kappa shape index (κ3) is 5.09. The number of rotatable bonds is 6. The second-order valence-corrected chi connectivity index (χ2v) is 8.94. The largest absolute Gasteiger partial charge is 0.454 e. The predicted octanol–water partition coefficient (Wildman–Crippen LogP) is 2.72. The van der Waals surface area contributed by atoms with Crippen molar-refractivity contribution in [3.63, 3.8) is 0 Å². The molecule has 0 bridgehead atoms. The van der Waals surface area contributed by atoms with E-state index in [1.54, 1.807) is 18.2 Å². The van der Waals surface area contributed by atoms with E-state index in [1.165, 1.54) is 17.8 Å². The first kappa shape index (κ1) is 20.6. The highest BCUT2D eigenvalue weighted by Gasteiger charge is 2.22. The zero-order valence-electron chi connectivity index (χ0n) is 17.1. The normalized spacial score (nSPS) is 20.7. The summed E-state index contributed by atoms with van der Waals surface area (Å²) in [7, 11) is 0. The van der Waals surface area contributed by atoms with Gasteiger partial charge in [0.15, 0.2) is 16.6 Å². The average Bonchev–Trinajstić information content (AvgIpc) is 3.33. The van der Waals surface area contributed by atoms with Gasteiger partial charge in [0.2, 0.25) is 12.7 Å². The second-order valence-electron chi connectivity index (χ2n) is 8.08. The number of hydrogen-bond donors (Lipinski definition) is 2. The summed E-state index contributed by atoms with van der Waals surface area (Å²) in [6.07, 6.45) is 1.27. The molecule has 1 aromatic heterocycles. The maximum atomic E-state index is 12.3. The zero-order chi connectivity index (χ0) is 21.1. The summed E-state index contributed by atoms with van der Waals surface area (Å²) in [5, 5.41) is 7.89. The Morgan fingerprint density at radius 1 is 1.20 bits per heavy atom. The standard InChI is InChI=1S/C21H26N4O4S/c1-13-5-14(2)9-25(8-13)10-16-11-30-21(23-16)24-19(26)7-22-20(27)15-3-4-17-18(6-15)29-12-28-17/h3-4,6,11,13-14H,5,7-10,12H2,1-2H3,(H,22,27)(H,23,24,26)/t13-,14-/m0/s1. The molecule has 2 N–H and O–H groups in total. The molecule has 2 atom stereocenters. The van der Waals surface area contributed by atoms with E-state index in [0.717, 1.165) is 25.3 Å². The average molecular weight is 431 g/mol. The van der Waals surface area contributed by atoms with Gasteiger partial charge in [-0.1, -0.05) is 13.8 Å². The predicted molar refractivity (Wildman–Crippen MR) is 114 cm³/mol. The van der Waals surface area contributed by atoms with Gasteiger partial charge in [0, 0.05) is 30.6 Å². The highest BCUT2D eigenvalue weighted by atomic mass is 32.1. The van der Waals surface area contributed by atoms with Crippen LogP contribution in [0.2, 0.25) is 0 Å². The van der Waals surface area contributed by atoms with Crippen LogP contribution in [-0.2, 0) is 11.3 Å². The molecule has 2 aromatic rings. The molecule has 8 nitrogen and oxygen atoms in total. The molecule has 1 aromatic carbocycles. The van der Waals surface area contributed by atoms with Crippen LogP contribution < -0.4 is 20.1 Å². The number of nitrogens with one attached hydrogen (secondary N) is 2. The van der Waals surface area contributed by atoms with Gasteiger partial charge in [0.05, 0.1) is 12.2 Å². The molecule has 160 valence electrons. The Labute approximate surface area is 179 Å². The number of aromatic nitrogens is 1. The van der Waals surface area contributed by atoms with Crippen LogP contribution in [0.25, 0.3) is 0 Å². The molecule has 2 aliphatic rings. The first-order chi connectivity index (χ1) is 14.5. The van der Waals surface area contributed by atoms with Crippen LogP contribution in [-0.4, -0.2) is 48.1 Å². The van der Waals surface area contributed by atoms with Crippen LogP contribution in [0.1, 0.15) is 36.3 Å². The van der Waals surface area contributed by atoms with E-state index in [-0.39, 0.29) is 25.2 Å². The Morgan fingerprint density at radius 2 is 1.97 bits per heavy atom. The maximum absolute atomic E-state index is 12.3. The molecule has 2 amide bonds. The summed E-state index contributed by atoms with van der Waals surface area (Å²) in [6.45, 7) is 7.53. The molecule has 1 saturated heterocycles. The molecule has 0 unspecified atom stereocenters. The van der Waals surface area contributed by atoms with Gasteiger partial charge in [-0.25, -0.2) is 4.98 Å². The monoisotopic (exact) mass is 430 g/mol. The number of nitrogens with zero attached hydrogens (tertiary/aromatic N) is 2. The van der Waals surface area contributed by atoms with E-state index >= 15 is 0 Å². The maximum Gasteiger partial charge on any atom is 0.251 e. The van der Waals surface area contributed by atoms with Crippen LogP contribution in [0.4, 0.5) is 5.13 Å². The van der Waals surface area contributed by atoms with Gasteiger partial charge in [-0.15, -0.1) is 11.3 Å². The smallest absolute Gasteiger partial charge is 0.251 e. The van der Waals surface area contributed by atoms with Crippen LogP contribution in [0, 0.1) is 11.8 Å². The molecule has 0 aliphatic carbocycles. The summed E-state index contributed by atoms with van der Waals surface area (Å²) < 4.78 is 10.5. The fourth-order valence-corrected chi connectivity index (χ4v) is 4.77. The third-order valence-electron chi connectivity index (χ3n) is 5.17. The lowest BCUT2D eigenvalue weighted by Gasteiger charge is -2.34. The van der Waals surface area contributed by atoms with Gasteiger partial charge in [-0.05, 0) is 36.5 Å². The molecular weight excluding hydrogens is 404 g/mol. The van der Waals surface area contributed by atoms with E-state index < -0.39 is 0 Å². The van der Waals surface area contributed by atoms with Crippen molar-refractivity contribution in [3.8, 4) is 11.5 Å². The molecule has 0 radical (unpaired) electrons. The zero-order valence-corrected chi connectivity index (χ0v) is 18.0. The molecule has 0 saturated carbocycles. The lowest BCUT2D eigenvalue weighted by Crippen LogP contribution is -2.38. The highest BCUT2D eigenvalue weighted by Crippen LogP contribution is 2.32. The molecule has 9 heteroatoms. The SMILES string of the molecule is C[C@H]1C[C@H](C)CN(Cc2csc(NC(=O)CNC(=O)c3ccc4c(c3)OCO4)n2)C1. The van der Waals surface area contributed by atoms with Crippen LogP contribution in [0.5, 0.6) is 11.5 Å². The molecular formula is C21H26N4O4S. The molecule has 1 fully saturated rings. The number of ether oxygens (including phenoxy) is 2.